The molecule has 2 atom stereocenters. The maximum absolute atomic E-state index is 12.5. The van der Waals surface area contributed by atoms with E-state index >= 15 is 0 Å². The molecule has 0 aliphatic heterocycles. The van der Waals surface area contributed by atoms with E-state index in [0.29, 0.717) is 10.9 Å². The van der Waals surface area contributed by atoms with E-state index in [1.165, 1.54) is 6.07 Å². The number of nitrogens with one attached hydrogen (secondary N) is 1. The van der Waals surface area contributed by atoms with E-state index in [9.17, 15) is 8.42 Å². The zero-order chi connectivity index (χ0) is 15.6. The van der Waals surface area contributed by atoms with Crippen molar-refractivity contribution in [2.45, 2.75) is 48.8 Å². The lowest BCUT2D eigenvalue weighted by atomic mass is 9.96. The fraction of sp³-hybridized carbons (Fsp3) is 0.571. The number of halogens is 1. The van der Waals surface area contributed by atoms with Gasteiger partial charge < -0.3 is 5.73 Å². The highest BCUT2D eigenvalue weighted by Crippen LogP contribution is 2.30. The van der Waals surface area contributed by atoms with E-state index < -0.39 is 10.0 Å². The van der Waals surface area contributed by atoms with Crippen molar-refractivity contribution in [3.05, 3.63) is 22.7 Å². The van der Waals surface area contributed by atoms with Gasteiger partial charge in [-0.25, -0.2) is 13.1 Å². The molecule has 1 aliphatic rings. The Morgan fingerprint density at radius 2 is 2.10 bits per heavy atom. The zero-order valence-corrected chi connectivity index (χ0v) is 14.6. The molecule has 3 N–H and O–H groups in total. The maximum Gasteiger partial charge on any atom is 0.242 e. The topological polar surface area (TPSA) is 72.2 Å². The summed E-state index contributed by atoms with van der Waals surface area (Å²) in [5, 5.41) is 0.733. The van der Waals surface area contributed by atoms with Gasteiger partial charge in [-0.1, -0.05) is 18.0 Å². The third-order valence-electron chi connectivity index (χ3n) is 3.89. The molecule has 1 aromatic carbocycles. The van der Waals surface area contributed by atoms with E-state index in [1.807, 2.05) is 0 Å². The minimum absolute atomic E-state index is 0.0280. The second kappa shape index (κ2) is 6.77. The monoisotopic (exact) mass is 348 g/mol. The highest BCUT2D eigenvalue weighted by Gasteiger charge is 2.27. The number of thioether (sulfide) groups is 1. The van der Waals surface area contributed by atoms with Crippen molar-refractivity contribution in [2.75, 3.05) is 12.0 Å². The molecule has 4 nitrogen and oxygen atoms in total. The number of hydrogen-bond acceptors (Lipinski definition) is 4. The van der Waals surface area contributed by atoms with Gasteiger partial charge in [0.15, 0.2) is 0 Å². The Labute approximate surface area is 135 Å². The van der Waals surface area contributed by atoms with Crippen LogP contribution in [0.15, 0.2) is 17.0 Å². The molecule has 21 heavy (non-hydrogen) atoms. The molecule has 1 aliphatic carbocycles. The van der Waals surface area contributed by atoms with Crippen LogP contribution in [0.4, 0.5) is 5.69 Å². The number of hydrogen-bond donors (Lipinski definition) is 2. The quantitative estimate of drug-likeness (QED) is 0.820. The lowest BCUT2D eigenvalue weighted by Gasteiger charge is -2.28. The second-order valence-electron chi connectivity index (χ2n) is 5.48. The van der Waals surface area contributed by atoms with Crippen LogP contribution in [0.1, 0.15) is 31.2 Å². The molecule has 0 saturated heterocycles. The zero-order valence-electron chi connectivity index (χ0n) is 12.2. The molecule has 1 aromatic rings. The molecule has 2 unspecified atom stereocenters. The van der Waals surface area contributed by atoms with E-state index in [2.05, 4.69) is 11.0 Å². The second-order valence-corrected chi connectivity index (χ2v) is 8.71. The van der Waals surface area contributed by atoms with Crippen LogP contribution in [-0.2, 0) is 10.0 Å². The summed E-state index contributed by atoms with van der Waals surface area (Å²) in [5.74, 6) is 0. The first-order valence-corrected chi connectivity index (χ1v) is 10.1. The number of rotatable bonds is 4. The van der Waals surface area contributed by atoms with Crippen molar-refractivity contribution in [3.63, 3.8) is 0 Å². The number of benzene rings is 1. The standard InChI is InChI=1S/C14H21ClN2O2S2/c1-9-6-12(15)14(8-13(9)16)21(18,19)17-10-4-3-5-11(7-10)20-2/h6,8,10-11,17H,3-5,7,16H2,1-2H3. The predicted octanol–water partition coefficient (Wildman–Crippen LogP) is 3.18. The van der Waals surface area contributed by atoms with Gasteiger partial charge in [0.05, 0.1) is 5.02 Å². The average molecular weight is 349 g/mol. The molecular weight excluding hydrogens is 328 g/mol. The van der Waals surface area contributed by atoms with Crippen LogP contribution >= 0.6 is 23.4 Å². The fourth-order valence-corrected chi connectivity index (χ4v) is 5.35. The molecule has 2 rings (SSSR count). The van der Waals surface area contributed by atoms with Gasteiger partial charge in [-0.15, -0.1) is 0 Å². The highest BCUT2D eigenvalue weighted by molar-refractivity contribution is 7.99. The SMILES string of the molecule is CSC1CCCC(NS(=O)(=O)c2cc(N)c(C)cc2Cl)C1. The Bertz CT molecular complexity index is 620. The fourth-order valence-electron chi connectivity index (χ4n) is 2.62. The molecule has 1 fully saturated rings. The maximum atomic E-state index is 12.5. The molecule has 0 radical (unpaired) electrons. The number of nitrogen functional groups attached to an aromatic ring is 1. The van der Waals surface area contributed by atoms with Gasteiger partial charge in [-0.3, -0.25) is 0 Å². The summed E-state index contributed by atoms with van der Waals surface area (Å²) in [4.78, 5) is 0.0681. The lowest BCUT2D eigenvalue weighted by Crippen LogP contribution is -2.39. The van der Waals surface area contributed by atoms with Crippen molar-refractivity contribution in [1.29, 1.82) is 0 Å². The molecule has 0 heterocycles. The molecule has 0 aromatic heterocycles. The smallest absolute Gasteiger partial charge is 0.242 e. The van der Waals surface area contributed by atoms with Crippen LogP contribution < -0.4 is 10.5 Å². The summed E-state index contributed by atoms with van der Waals surface area (Å²) in [7, 11) is -3.63. The number of nitrogens with two attached hydrogens (primary N) is 1. The lowest BCUT2D eigenvalue weighted by molar-refractivity contribution is 0.421. The molecule has 1 saturated carbocycles. The van der Waals surface area contributed by atoms with E-state index in [4.69, 9.17) is 17.3 Å². The van der Waals surface area contributed by atoms with Gasteiger partial charge >= 0.3 is 0 Å². The number of anilines is 1. The van der Waals surface area contributed by atoms with Crippen LogP contribution in [0, 0.1) is 6.92 Å². The molecule has 0 amide bonds. The Morgan fingerprint density at radius 3 is 2.76 bits per heavy atom. The van der Waals surface area contributed by atoms with Gasteiger partial charge in [0, 0.05) is 17.0 Å². The number of aryl methyl sites for hydroxylation is 1. The Morgan fingerprint density at radius 1 is 1.38 bits per heavy atom. The van der Waals surface area contributed by atoms with Crippen LogP contribution in [-0.4, -0.2) is 26.0 Å². The summed E-state index contributed by atoms with van der Waals surface area (Å²) in [6.45, 7) is 1.80. The summed E-state index contributed by atoms with van der Waals surface area (Å²) < 4.78 is 27.8. The minimum Gasteiger partial charge on any atom is -0.398 e. The van der Waals surface area contributed by atoms with Crippen molar-refractivity contribution in [2.24, 2.45) is 0 Å². The van der Waals surface area contributed by atoms with Gasteiger partial charge in [-0.05, 0) is 50.1 Å². The predicted molar refractivity (Wildman–Crippen MR) is 90.5 cm³/mol. The van der Waals surface area contributed by atoms with Crippen molar-refractivity contribution < 1.29 is 8.42 Å². The first-order chi connectivity index (χ1) is 9.83. The Balaban J connectivity index is 2.20. The largest absolute Gasteiger partial charge is 0.398 e. The van der Waals surface area contributed by atoms with Gasteiger partial charge in [0.25, 0.3) is 0 Å². The number of sulfonamides is 1. The van der Waals surface area contributed by atoms with Crippen LogP contribution in [0.3, 0.4) is 0 Å². The van der Waals surface area contributed by atoms with Crippen molar-refractivity contribution >= 4 is 39.1 Å². The van der Waals surface area contributed by atoms with Gasteiger partial charge in [0.2, 0.25) is 10.0 Å². The van der Waals surface area contributed by atoms with E-state index in [1.54, 1.807) is 24.8 Å². The molecule has 0 spiro atoms. The first kappa shape index (κ1) is 16.9. The van der Waals surface area contributed by atoms with Crippen LogP contribution in [0.2, 0.25) is 5.02 Å². The van der Waals surface area contributed by atoms with E-state index in [-0.39, 0.29) is 16.0 Å². The summed E-state index contributed by atoms with van der Waals surface area (Å²) in [6.07, 6.45) is 5.99. The minimum atomic E-state index is -3.63. The normalized spacial score (nSPS) is 23.2. The Kier molecular flexibility index (Phi) is 5.46. The molecular formula is C14H21ClN2O2S2. The Hall–Kier alpha value is -0.430. The van der Waals surface area contributed by atoms with E-state index in [0.717, 1.165) is 31.2 Å². The summed E-state index contributed by atoms with van der Waals surface area (Å²) >= 11 is 7.88. The van der Waals surface area contributed by atoms with Crippen LogP contribution in [0.25, 0.3) is 0 Å². The summed E-state index contributed by atoms with van der Waals surface area (Å²) in [5.41, 5.74) is 7.02. The molecule has 118 valence electrons. The average Bonchev–Trinajstić information content (AvgIpc) is 2.42. The first-order valence-electron chi connectivity index (χ1n) is 6.94. The van der Waals surface area contributed by atoms with Gasteiger partial charge in [-0.2, -0.15) is 11.8 Å². The van der Waals surface area contributed by atoms with Crippen molar-refractivity contribution in [1.82, 2.24) is 4.72 Å². The van der Waals surface area contributed by atoms with Crippen LogP contribution in [0.5, 0.6) is 0 Å². The summed E-state index contributed by atoms with van der Waals surface area (Å²) in [6, 6.07) is 3.01. The third kappa shape index (κ3) is 4.06. The third-order valence-corrected chi connectivity index (χ3v) is 6.97. The highest BCUT2D eigenvalue weighted by atomic mass is 35.5. The molecule has 0 bridgehead atoms. The molecule has 7 heteroatoms. The van der Waals surface area contributed by atoms with Gasteiger partial charge in [0.1, 0.15) is 4.90 Å². The van der Waals surface area contributed by atoms with Crippen molar-refractivity contribution in [3.8, 4) is 0 Å².